The molecule has 0 atom stereocenters. The third-order valence-electron chi connectivity index (χ3n) is 3.98. The van der Waals surface area contributed by atoms with Gasteiger partial charge < -0.3 is 11.1 Å². The highest BCUT2D eigenvalue weighted by Crippen LogP contribution is 2.19. The van der Waals surface area contributed by atoms with Crippen LogP contribution in [-0.2, 0) is 4.79 Å². The molecule has 0 saturated heterocycles. The van der Waals surface area contributed by atoms with Gasteiger partial charge in [0.05, 0.1) is 10.7 Å². The molecule has 0 fully saturated rings. The zero-order chi connectivity index (χ0) is 20.3. The summed E-state index contributed by atoms with van der Waals surface area (Å²) in [6.45, 7) is 1.80. The minimum Gasteiger partial charge on any atom is -0.366 e. The number of aryl methyl sites for hydroxylation is 1. The Morgan fingerprint density at radius 1 is 1.25 bits per heavy atom. The largest absolute Gasteiger partial charge is 0.366 e. The first-order valence-corrected chi connectivity index (χ1v) is 9.02. The average molecular weight is 443 g/mol. The molecule has 28 heavy (non-hydrogen) atoms. The lowest BCUT2D eigenvalue weighted by molar-refractivity contribution is -0.111. The number of nitrogens with one attached hydrogen (secondary N) is 1. The number of aromatic nitrogens is 2. The summed E-state index contributed by atoms with van der Waals surface area (Å²) in [6, 6.07) is 9.37. The molecule has 1 heterocycles. The zero-order valence-electron chi connectivity index (χ0n) is 14.8. The summed E-state index contributed by atoms with van der Waals surface area (Å²) >= 11 is 3.27. The molecule has 0 aliphatic rings. The maximum Gasteiger partial charge on any atom is 0.248 e. The van der Waals surface area contributed by atoms with E-state index in [1.807, 2.05) is 0 Å². The SMILES string of the molecule is Cc1ccc(C(N)=O)cc1NC(=O)/C=C/c1ccc(-n2cc(Br)cn2)c(F)c1. The van der Waals surface area contributed by atoms with Crippen LogP contribution in [0.15, 0.2) is 59.3 Å². The molecule has 0 aliphatic heterocycles. The summed E-state index contributed by atoms with van der Waals surface area (Å²) in [5.41, 5.74) is 7.64. The number of rotatable bonds is 5. The lowest BCUT2D eigenvalue weighted by Gasteiger charge is -2.08. The summed E-state index contributed by atoms with van der Waals surface area (Å²) in [7, 11) is 0. The van der Waals surface area contributed by atoms with Gasteiger partial charge in [-0.1, -0.05) is 12.1 Å². The van der Waals surface area contributed by atoms with Crippen LogP contribution >= 0.6 is 15.9 Å². The molecule has 0 bridgehead atoms. The van der Waals surface area contributed by atoms with Gasteiger partial charge in [0.2, 0.25) is 11.8 Å². The number of hydrogen-bond donors (Lipinski definition) is 2. The van der Waals surface area contributed by atoms with E-state index in [4.69, 9.17) is 5.73 Å². The third kappa shape index (κ3) is 4.52. The maximum atomic E-state index is 14.3. The van der Waals surface area contributed by atoms with Crippen LogP contribution in [0.25, 0.3) is 11.8 Å². The van der Waals surface area contributed by atoms with Gasteiger partial charge in [-0.25, -0.2) is 9.07 Å². The number of amides is 2. The van der Waals surface area contributed by atoms with Gasteiger partial charge in [0.25, 0.3) is 0 Å². The maximum absolute atomic E-state index is 14.3. The van der Waals surface area contributed by atoms with Gasteiger partial charge >= 0.3 is 0 Å². The van der Waals surface area contributed by atoms with Crippen LogP contribution in [0.3, 0.4) is 0 Å². The van der Waals surface area contributed by atoms with E-state index in [9.17, 15) is 14.0 Å². The Hall–Kier alpha value is -3.26. The monoisotopic (exact) mass is 442 g/mol. The summed E-state index contributed by atoms with van der Waals surface area (Å²) in [5.74, 6) is -1.46. The van der Waals surface area contributed by atoms with Crippen LogP contribution in [0, 0.1) is 12.7 Å². The molecule has 142 valence electrons. The van der Waals surface area contributed by atoms with Gasteiger partial charge in [0.15, 0.2) is 0 Å². The highest BCUT2D eigenvalue weighted by molar-refractivity contribution is 9.10. The molecule has 0 spiro atoms. The fourth-order valence-electron chi connectivity index (χ4n) is 2.50. The second kappa shape index (κ2) is 8.18. The second-order valence-corrected chi connectivity index (χ2v) is 6.95. The number of halogens is 2. The first-order valence-electron chi connectivity index (χ1n) is 8.23. The molecule has 2 aromatic carbocycles. The minimum absolute atomic E-state index is 0.297. The molecular formula is C20H16BrFN4O2. The lowest BCUT2D eigenvalue weighted by Crippen LogP contribution is -2.13. The van der Waals surface area contributed by atoms with Crippen molar-refractivity contribution in [3.63, 3.8) is 0 Å². The van der Waals surface area contributed by atoms with E-state index in [1.165, 1.54) is 29.0 Å². The molecule has 0 aliphatic carbocycles. The molecule has 0 unspecified atom stereocenters. The van der Waals surface area contributed by atoms with E-state index in [1.54, 1.807) is 43.6 Å². The first kappa shape index (κ1) is 19.5. The van der Waals surface area contributed by atoms with E-state index in [-0.39, 0.29) is 0 Å². The summed E-state index contributed by atoms with van der Waals surface area (Å²) < 4.78 is 16.5. The molecular weight excluding hydrogens is 427 g/mol. The highest BCUT2D eigenvalue weighted by atomic mass is 79.9. The summed E-state index contributed by atoms with van der Waals surface area (Å²) in [6.07, 6.45) is 5.99. The molecule has 1 aromatic heterocycles. The molecule has 0 radical (unpaired) electrons. The average Bonchev–Trinajstić information content (AvgIpc) is 3.07. The van der Waals surface area contributed by atoms with Gasteiger partial charge in [-0.2, -0.15) is 5.10 Å². The molecule has 3 rings (SSSR count). The Morgan fingerprint density at radius 2 is 2.04 bits per heavy atom. The van der Waals surface area contributed by atoms with Crippen molar-refractivity contribution in [3.8, 4) is 5.69 Å². The summed E-state index contributed by atoms with van der Waals surface area (Å²) in [4.78, 5) is 23.4. The number of benzene rings is 2. The van der Waals surface area contributed by atoms with E-state index in [0.717, 1.165) is 10.0 Å². The molecule has 2 amide bonds. The van der Waals surface area contributed by atoms with Crippen molar-refractivity contribution in [1.82, 2.24) is 9.78 Å². The van der Waals surface area contributed by atoms with Crippen LogP contribution in [0.4, 0.5) is 10.1 Å². The van der Waals surface area contributed by atoms with Gasteiger partial charge in [-0.05, 0) is 64.3 Å². The van der Waals surface area contributed by atoms with Crippen molar-refractivity contribution in [2.24, 2.45) is 5.73 Å². The number of nitrogens with two attached hydrogens (primary N) is 1. The molecule has 0 saturated carbocycles. The Morgan fingerprint density at radius 3 is 2.68 bits per heavy atom. The molecule has 3 N–H and O–H groups in total. The Labute approximate surface area is 169 Å². The number of carbonyl (C=O) groups is 2. The molecule has 8 heteroatoms. The Balaban J connectivity index is 1.73. The minimum atomic E-state index is -0.578. The standard InChI is InChI=1S/C20H16BrFN4O2/c1-12-2-5-14(20(23)28)9-17(12)25-19(27)7-4-13-3-6-18(16(22)8-13)26-11-15(21)10-24-26/h2-11H,1H3,(H2,23,28)(H,25,27)/b7-4+. The second-order valence-electron chi connectivity index (χ2n) is 6.03. The zero-order valence-corrected chi connectivity index (χ0v) is 16.4. The number of hydrogen-bond acceptors (Lipinski definition) is 3. The number of anilines is 1. The van der Waals surface area contributed by atoms with Crippen LogP contribution in [-0.4, -0.2) is 21.6 Å². The first-order chi connectivity index (χ1) is 13.3. The smallest absolute Gasteiger partial charge is 0.248 e. The van der Waals surface area contributed by atoms with Gasteiger partial charge in [-0.15, -0.1) is 0 Å². The van der Waals surface area contributed by atoms with Crippen molar-refractivity contribution in [2.45, 2.75) is 6.92 Å². The summed E-state index contributed by atoms with van der Waals surface area (Å²) in [5, 5.41) is 6.72. The van der Waals surface area contributed by atoms with E-state index in [0.29, 0.717) is 22.5 Å². The lowest BCUT2D eigenvalue weighted by atomic mass is 10.1. The van der Waals surface area contributed by atoms with Crippen LogP contribution in [0.5, 0.6) is 0 Å². The predicted molar refractivity (Wildman–Crippen MR) is 109 cm³/mol. The van der Waals surface area contributed by atoms with Crippen molar-refractivity contribution < 1.29 is 14.0 Å². The van der Waals surface area contributed by atoms with Crippen molar-refractivity contribution in [2.75, 3.05) is 5.32 Å². The molecule has 6 nitrogen and oxygen atoms in total. The van der Waals surface area contributed by atoms with Gasteiger partial charge in [0, 0.05) is 23.5 Å². The predicted octanol–water partition coefficient (Wildman–Crippen LogP) is 3.83. The van der Waals surface area contributed by atoms with Gasteiger partial charge in [0.1, 0.15) is 11.5 Å². The van der Waals surface area contributed by atoms with Crippen LogP contribution in [0.1, 0.15) is 21.5 Å². The number of carbonyl (C=O) groups excluding carboxylic acids is 2. The fourth-order valence-corrected chi connectivity index (χ4v) is 2.79. The number of primary amides is 1. The Bertz CT molecular complexity index is 1090. The van der Waals surface area contributed by atoms with E-state index >= 15 is 0 Å². The van der Waals surface area contributed by atoms with Crippen molar-refractivity contribution in [3.05, 3.63) is 81.8 Å². The van der Waals surface area contributed by atoms with Gasteiger partial charge in [-0.3, -0.25) is 9.59 Å². The Kier molecular flexibility index (Phi) is 5.70. The normalized spacial score (nSPS) is 11.0. The highest BCUT2D eigenvalue weighted by Gasteiger charge is 2.08. The van der Waals surface area contributed by atoms with Crippen molar-refractivity contribution in [1.29, 1.82) is 0 Å². The van der Waals surface area contributed by atoms with Crippen LogP contribution in [0.2, 0.25) is 0 Å². The van der Waals surface area contributed by atoms with E-state index in [2.05, 4.69) is 26.3 Å². The molecule has 3 aromatic rings. The van der Waals surface area contributed by atoms with Crippen molar-refractivity contribution >= 4 is 39.5 Å². The van der Waals surface area contributed by atoms with E-state index < -0.39 is 17.6 Å². The fraction of sp³-hybridized carbons (Fsp3) is 0.0500. The van der Waals surface area contributed by atoms with Crippen LogP contribution < -0.4 is 11.1 Å². The third-order valence-corrected chi connectivity index (χ3v) is 4.39. The topological polar surface area (TPSA) is 90.0 Å². The number of nitrogens with zero attached hydrogens (tertiary/aromatic N) is 2. The quantitative estimate of drug-likeness (QED) is 0.588.